The maximum atomic E-state index is 13.4. The molecule has 0 fully saturated rings. The Morgan fingerprint density at radius 3 is 2.42 bits per heavy atom. The normalized spacial score (nSPS) is 11.8. The first-order chi connectivity index (χ1) is 21.2. The van der Waals surface area contributed by atoms with Crippen LogP contribution in [0.4, 0.5) is 0 Å². The van der Waals surface area contributed by atoms with Crippen molar-refractivity contribution in [3.63, 3.8) is 0 Å². The van der Waals surface area contributed by atoms with Gasteiger partial charge in [0, 0.05) is 42.3 Å². The van der Waals surface area contributed by atoms with Crippen molar-refractivity contribution in [2.75, 3.05) is 7.11 Å². The molecule has 6 aromatic rings. The molecule has 0 bridgehead atoms. The average Bonchev–Trinajstić information content (AvgIpc) is 3.64. The first-order valence-electron chi connectivity index (χ1n) is 14.5. The number of amides is 1. The minimum atomic E-state index is -0.398. The van der Waals surface area contributed by atoms with E-state index in [9.17, 15) is 4.79 Å². The number of rotatable bonds is 12. The Balaban J connectivity index is 1.36. The number of aromatic nitrogens is 5. The number of ether oxygens (including phenoxy) is 1. The predicted molar refractivity (Wildman–Crippen MR) is 167 cm³/mol. The molecule has 43 heavy (non-hydrogen) atoms. The fourth-order valence-corrected chi connectivity index (χ4v) is 5.44. The Bertz CT molecular complexity index is 1780. The first kappa shape index (κ1) is 27.9. The summed E-state index contributed by atoms with van der Waals surface area (Å²) in [6, 6.07) is 30.0. The van der Waals surface area contributed by atoms with E-state index >= 15 is 0 Å². The van der Waals surface area contributed by atoms with E-state index in [0.29, 0.717) is 13.0 Å². The van der Waals surface area contributed by atoms with Gasteiger partial charge in [-0.05, 0) is 59.0 Å². The molecule has 0 aliphatic rings. The molecule has 0 spiro atoms. The molecule has 2 N–H and O–H groups in total. The number of carbonyl (C=O) groups is 1. The zero-order chi connectivity index (χ0) is 29.4. The lowest BCUT2D eigenvalue weighted by Gasteiger charge is -2.20. The number of benzene rings is 3. The highest BCUT2D eigenvalue weighted by atomic mass is 16.5. The standard InChI is InChI=1S/C35H34N6O2/c1-43-29-14-11-27(12-15-29)24-41-33(16-13-25-7-3-2-4-8-25)39-40-35(41)32(38-34(42)21-26-17-19-36-20-18-26)22-28-23-37-31-10-6-5-9-30(28)31/h2-12,14-15,17-20,23,32,37H,13,16,21-22,24H2,1H3,(H,38,42). The number of aromatic amines is 1. The van der Waals surface area contributed by atoms with Gasteiger partial charge in [0.1, 0.15) is 11.6 Å². The van der Waals surface area contributed by atoms with Crippen LogP contribution < -0.4 is 10.1 Å². The third kappa shape index (κ3) is 6.81. The monoisotopic (exact) mass is 570 g/mol. The maximum Gasteiger partial charge on any atom is 0.225 e. The number of methoxy groups -OCH3 is 1. The average molecular weight is 571 g/mol. The van der Waals surface area contributed by atoms with E-state index < -0.39 is 6.04 Å². The number of aryl methyl sites for hydroxylation is 2. The van der Waals surface area contributed by atoms with Crippen molar-refractivity contribution in [3.8, 4) is 5.75 Å². The lowest BCUT2D eigenvalue weighted by atomic mass is 10.0. The molecule has 0 aliphatic carbocycles. The van der Waals surface area contributed by atoms with Crippen LogP contribution in [0.15, 0.2) is 110 Å². The van der Waals surface area contributed by atoms with Crippen LogP contribution in [0, 0.1) is 0 Å². The minimum Gasteiger partial charge on any atom is -0.497 e. The molecule has 8 heteroatoms. The van der Waals surface area contributed by atoms with E-state index in [4.69, 9.17) is 9.84 Å². The Kier molecular flexibility index (Phi) is 8.54. The summed E-state index contributed by atoms with van der Waals surface area (Å²) < 4.78 is 7.54. The topological polar surface area (TPSA) is 97.7 Å². The highest BCUT2D eigenvalue weighted by Gasteiger charge is 2.25. The molecular weight excluding hydrogens is 536 g/mol. The van der Waals surface area contributed by atoms with Gasteiger partial charge in [0.15, 0.2) is 5.82 Å². The van der Waals surface area contributed by atoms with Gasteiger partial charge in [0.2, 0.25) is 5.91 Å². The van der Waals surface area contributed by atoms with Crippen molar-refractivity contribution >= 4 is 16.8 Å². The summed E-state index contributed by atoms with van der Waals surface area (Å²) in [5.41, 5.74) is 5.40. The summed E-state index contributed by atoms with van der Waals surface area (Å²) in [6.45, 7) is 0.570. The second-order valence-corrected chi connectivity index (χ2v) is 10.6. The number of para-hydroxylation sites is 1. The van der Waals surface area contributed by atoms with Crippen LogP contribution in [0.2, 0.25) is 0 Å². The van der Waals surface area contributed by atoms with Crippen molar-refractivity contribution in [1.82, 2.24) is 30.0 Å². The highest BCUT2D eigenvalue weighted by Crippen LogP contribution is 2.26. The first-order valence-corrected chi connectivity index (χ1v) is 14.5. The number of nitrogens with one attached hydrogen (secondary N) is 2. The smallest absolute Gasteiger partial charge is 0.225 e. The Labute approximate surface area is 250 Å². The molecule has 216 valence electrons. The van der Waals surface area contributed by atoms with Crippen LogP contribution in [0.3, 0.4) is 0 Å². The summed E-state index contributed by atoms with van der Waals surface area (Å²) in [5.74, 6) is 2.33. The molecule has 3 aromatic carbocycles. The lowest BCUT2D eigenvalue weighted by Crippen LogP contribution is -2.33. The highest BCUT2D eigenvalue weighted by molar-refractivity contribution is 5.83. The third-order valence-electron chi connectivity index (χ3n) is 7.70. The minimum absolute atomic E-state index is 0.0825. The molecule has 3 aromatic heterocycles. The van der Waals surface area contributed by atoms with Crippen molar-refractivity contribution in [3.05, 3.63) is 143 Å². The van der Waals surface area contributed by atoms with Crippen molar-refractivity contribution in [1.29, 1.82) is 0 Å². The van der Waals surface area contributed by atoms with Crippen LogP contribution in [0.25, 0.3) is 10.9 Å². The van der Waals surface area contributed by atoms with E-state index in [1.807, 2.05) is 48.7 Å². The van der Waals surface area contributed by atoms with E-state index in [1.165, 1.54) is 5.56 Å². The fourth-order valence-electron chi connectivity index (χ4n) is 5.44. The Morgan fingerprint density at radius 2 is 1.63 bits per heavy atom. The van der Waals surface area contributed by atoms with E-state index in [-0.39, 0.29) is 12.3 Å². The summed E-state index contributed by atoms with van der Waals surface area (Å²) in [5, 5.41) is 13.8. The molecule has 0 aliphatic heterocycles. The number of fused-ring (bicyclic) bond motifs is 1. The second-order valence-electron chi connectivity index (χ2n) is 10.6. The Morgan fingerprint density at radius 1 is 0.860 bits per heavy atom. The van der Waals surface area contributed by atoms with Crippen LogP contribution in [0.1, 0.15) is 39.9 Å². The van der Waals surface area contributed by atoms with Gasteiger partial charge in [-0.3, -0.25) is 9.78 Å². The van der Waals surface area contributed by atoms with Gasteiger partial charge < -0.3 is 19.6 Å². The molecule has 1 unspecified atom stereocenters. The Hall–Kier alpha value is -5.24. The van der Waals surface area contributed by atoms with Gasteiger partial charge >= 0.3 is 0 Å². The molecule has 6 rings (SSSR count). The number of hydrogen-bond acceptors (Lipinski definition) is 5. The molecule has 1 amide bonds. The summed E-state index contributed by atoms with van der Waals surface area (Å²) >= 11 is 0. The summed E-state index contributed by atoms with van der Waals surface area (Å²) in [6.07, 6.45) is 7.80. The number of nitrogens with zero attached hydrogens (tertiary/aromatic N) is 4. The van der Waals surface area contributed by atoms with Crippen molar-refractivity contribution < 1.29 is 9.53 Å². The molecule has 0 saturated heterocycles. The van der Waals surface area contributed by atoms with Gasteiger partial charge in [-0.25, -0.2) is 0 Å². The molecule has 0 saturated carbocycles. The third-order valence-corrected chi connectivity index (χ3v) is 7.70. The molecule has 8 nitrogen and oxygen atoms in total. The largest absolute Gasteiger partial charge is 0.497 e. The van der Waals surface area contributed by atoms with E-state index in [1.54, 1.807) is 19.5 Å². The predicted octanol–water partition coefficient (Wildman–Crippen LogP) is 5.64. The molecule has 3 heterocycles. The molecule has 1 atom stereocenters. The summed E-state index contributed by atoms with van der Waals surface area (Å²) in [7, 11) is 1.67. The van der Waals surface area contributed by atoms with E-state index in [2.05, 4.69) is 73.5 Å². The number of pyridine rings is 1. The molecular formula is C35H34N6O2. The number of H-pyrrole nitrogens is 1. The van der Waals surface area contributed by atoms with Crippen molar-refractivity contribution in [2.45, 2.75) is 38.3 Å². The number of hydrogen-bond donors (Lipinski definition) is 2. The second kappa shape index (κ2) is 13.2. The van der Waals surface area contributed by atoms with Crippen LogP contribution >= 0.6 is 0 Å². The van der Waals surface area contributed by atoms with Gasteiger partial charge in [-0.2, -0.15) is 0 Å². The van der Waals surface area contributed by atoms with Crippen LogP contribution in [-0.2, 0) is 37.0 Å². The van der Waals surface area contributed by atoms with Gasteiger partial charge in [-0.1, -0.05) is 60.7 Å². The van der Waals surface area contributed by atoms with Gasteiger partial charge in [0.05, 0.1) is 26.1 Å². The quantitative estimate of drug-likeness (QED) is 0.199. The van der Waals surface area contributed by atoms with Crippen molar-refractivity contribution in [2.24, 2.45) is 0 Å². The SMILES string of the molecule is COc1ccc(Cn2c(CCc3ccccc3)nnc2C(Cc2c[nH]c3ccccc23)NC(=O)Cc2ccncc2)cc1. The number of carbonyl (C=O) groups excluding carboxylic acids is 1. The fraction of sp³-hybridized carbons (Fsp3) is 0.200. The zero-order valence-corrected chi connectivity index (χ0v) is 24.1. The van der Waals surface area contributed by atoms with E-state index in [0.717, 1.165) is 57.8 Å². The van der Waals surface area contributed by atoms with Crippen LogP contribution in [0.5, 0.6) is 5.75 Å². The lowest BCUT2D eigenvalue weighted by molar-refractivity contribution is -0.121. The van der Waals surface area contributed by atoms with Gasteiger partial charge in [0.25, 0.3) is 0 Å². The maximum absolute atomic E-state index is 13.4. The summed E-state index contributed by atoms with van der Waals surface area (Å²) in [4.78, 5) is 20.9. The zero-order valence-electron chi connectivity index (χ0n) is 24.1. The van der Waals surface area contributed by atoms with Crippen LogP contribution in [-0.4, -0.2) is 37.7 Å². The molecule has 0 radical (unpaired) electrons. The van der Waals surface area contributed by atoms with Gasteiger partial charge in [-0.15, -0.1) is 10.2 Å².